The zero-order chi connectivity index (χ0) is 23.1. The maximum atomic E-state index is 13.0. The summed E-state index contributed by atoms with van der Waals surface area (Å²) >= 11 is 0. The first kappa shape index (κ1) is 21.6. The second-order valence-corrected chi connectivity index (χ2v) is 9.29. The third-order valence-electron chi connectivity index (χ3n) is 7.35. The van der Waals surface area contributed by atoms with Gasteiger partial charge in [0, 0.05) is 75.1 Å². The van der Waals surface area contributed by atoms with Crippen molar-refractivity contribution in [2.45, 2.75) is 25.8 Å². The van der Waals surface area contributed by atoms with Crippen LogP contribution in [0.25, 0.3) is 0 Å². The lowest BCUT2D eigenvalue weighted by atomic mass is 9.83. The summed E-state index contributed by atoms with van der Waals surface area (Å²) in [6, 6.07) is 10.3. The van der Waals surface area contributed by atoms with Gasteiger partial charge in [-0.1, -0.05) is 13.0 Å². The van der Waals surface area contributed by atoms with Crippen LogP contribution in [0.2, 0.25) is 0 Å². The first-order chi connectivity index (χ1) is 15.9. The summed E-state index contributed by atoms with van der Waals surface area (Å²) < 4.78 is 1.85. The van der Waals surface area contributed by atoms with Crippen LogP contribution in [0.1, 0.15) is 35.3 Å². The molecule has 5 rings (SSSR count). The van der Waals surface area contributed by atoms with E-state index in [1.54, 1.807) is 29.2 Å². The number of amides is 1. The number of carbonyl (C=O) groups is 1. The van der Waals surface area contributed by atoms with Crippen molar-refractivity contribution in [2.24, 2.45) is 5.92 Å². The van der Waals surface area contributed by atoms with Gasteiger partial charge in [0.05, 0.1) is 4.92 Å². The highest BCUT2D eigenvalue weighted by atomic mass is 16.6. The number of nitro benzene ring substituents is 1. The highest BCUT2D eigenvalue weighted by Gasteiger charge is 2.36. The minimum atomic E-state index is -0.385. The number of hydrogen-bond donors (Lipinski definition) is 0. The van der Waals surface area contributed by atoms with Crippen LogP contribution in [0.4, 0.5) is 11.4 Å². The molecule has 0 saturated carbocycles. The third kappa shape index (κ3) is 4.01. The number of nitro groups is 1. The number of anilines is 1. The summed E-state index contributed by atoms with van der Waals surface area (Å²) in [6.07, 6.45) is 0.980. The first-order valence-electron chi connectivity index (χ1n) is 11.7. The predicted octanol–water partition coefficient (Wildman–Crippen LogP) is 2.16. The fourth-order valence-corrected chi connectivity index (χ4v) is 5.61. The summed E-state index contributed by atoms with van der Waals surface area (Å²) in [5.74, 6) is 0.263. The molecule has 1 aromatic heterocycles. The highest BCUT2D eigenvalue weighted by Crippen LogP contribution is 2.39. The Labute approximate surface area is 192 Å². The van der Waals surface area contributed by atoms with Gasteiger partial charge >= 0.3 is 0 Å². The Balaban J connectivity index is 1.40. The smallest absolute Gasteiger partial charge is 0.293 e. The number of carbonyl (C=O) groups excluding carboxylic acids is 1. The molecule has 0 spiro atoms. The average Bonchev–Trinajstić information content (AvgIpc) is 2.84. The minimum Gasteiger partial charge on any atom is -0.365 e. The van der Waals surface area contributed by atoms with Crippen molar-refractivity contribution in [3.8, 4) is 0 Å². The van der Waals surface area contributed by atoms with Gasteiger partial charge in [-0.15, -0.1) is 0 Å². The van der Waals surface area contributed by atoms with Crippen molar-refractivity contribution >= 4 is 17.3 Å². The molecule has 1 amide bonds. The zero-order valence-corrected chi connectivity index (χ0v) is 18.9. The lowest BCUT2D eigenvalue weighted by Gasteiger charge is -2.43. The number of benzene rings is 1. The molecule has 4 heterocycles. The normalized spacial score (nSPS) is 22.7. The summed E-state index contributed by atoms with van der Waals surface area (Å²) in [4.78, 5) is 43.0. The van der Waals surface area contributed by atoms with Gasteiger partial charge in [-0.05, 0) is 37.1 Å². The minimum absolute atomic E-state index is 0.0178. The van der Waals surface area contributed by atoms with Crippen molar-refractivity contribution in [1.82, 2.24) is 14.4 Å². The van der Waals surface area contributed by atoms with Crippen molar-refractivity contribution < 1.29 is 9.72 Å². The van der Waals surface area contributed by atoms with E-state index in [1.165, 1.54) is 6.07 Å². The standard InChI is InChI=1S/C24H29N5O4/c1-2-25-8-10-26(11-9-25)24(31)18-6-7-21(22(13-18)29(32)33)27-14-17-12-19(16-27)20-4-3-5-23(30)28(20)15-17/h3-7,13,17,19H,2,8-12,14-16H2,1H3/t17-,19+/m1/s1. The molecule has 3 aliphatic rings. The number of hydrogen-bond acceptors (Lipinski definition) is 6. The van der Waals surface area contributed by atoms with Crippen molar-refractivity contribution in [2.75, 3.05) is 50.7 Å². The topological polar surface area (TPSA) is 91.9 Å². The zero-order valence-electron chi connectivity index (χ0n) is 18.9. The predicted molar refractivity (Wildman–Crippen MR) is 125 cm³/mol. The molecule has 0 aliphatic carbocycles. The van der Waals surface area contributed by atoms with E-state index < -0.39 is 0 Å². The molecule has 1 aromatic carbocycles. The number of piperazine rings is 1. The fraction of sp³-hybridized carbons (Fsp3) is 0.500. The lowest BCUT2D eigenvalue weighted by molar-refractivity contribution is -0.384. The van der Waals surface area contributed by atoms with Gasteiger partial charge < -0.3 is 19.3 Å². The molecule has 2 saturated heterocycles. The van der Waals surface area contributed by atoms with Crippen LogP contribution in [-0.4, -0.2) is 71.0 Å². The molecular formula is C24H29N5O4. The van der Waals surface area contributed by atoms with Gasteiger partial charge in [0.2, 0.25) is 0 Å². The summed E-state index contributed by atoms with van der Waals surface area (Å²) in [5, 5.41) is 12.0. The Morgan fingerprint density at radius 3 is 2.61 bits per heavy atom. The Bertz CT molecular complexity index is 1140. The Morgan fingerprint density at radius 2 is 1.88 bits per heavy atom. The van der Waals surface area contributed by atoms with Gasteiger partial charge in [-0.3, -0.25) is 19.7 Å². The maximum absolute atomic E-state index is 13.0. The van der Waals surface area contributed by atoms with E-state index in [-0.39, 0.29) is 33.9 Å². The molecule has 3 aliphatic heterocycles. The number of aromatic nitrogens is 1. The quantitative estimate of drug-likeness (QED) is 0.523. The van der Waals surface area contributed by atoms with Crippen LogP contribution in [-0.2, 0) is 6.54 Å². The van der Waals surface area contributed by atoms with E-state index in [1.807, 2.05) is 10.6 Å². The van der Waals surface area contributed by atoms with Crippen LogP contribution in [0.15, 0.2) is 41.2 Å². The molecule has 2 aromatic rings. The van der Waals surface area contributed by atoms with Gasteiger partial charge in [0.25, 0.3) is 17.2 Å². The van der Waals surface area contributed by atoms with E-state index in [9.17, 15) is 19.7 Å². The molecule has 9 heteroatoms. The number of piperidine rings is 1. The maximum Gasteiger partial charge on any atom is 0.293 e. The van der Waals surface area contributed by atoms with Gasteiger partial charge in [0.1, 0.15) is 5.69 Å². The number of pyridine rings is 1. The first-order valence-corrected chi connectivity index (χ1v) is 11.7. The fourth-order valence-electron chi connectivity index (χ4n) is 5.61. The number of fused-ring (bicyclic) bond motifs is 4. The van der Waals surface area contributed by atoms with Crippen molar-refractivity contribution in [1.29, 1.82) is 0 Å². The molecule has 0 radical (unpaired) electrons. The van der Waals surface area contributed by atoms with Crippen LogP contribution >= 0.6 is 0 Å². The second kappa shape index (κ2) is 8.62. The average molecular weight is 452 g/mol. The number of rotatable bonds is 4. The summed E-state index contributed by atoms with van der Waals surface area (Å²) in [7, 11) is 0. The van der Waals surface area contributed by atoms with E-state index in [0.29, 0.717) is 44.0 Å². The lowest BCUT2D eigenvalue weighted by Crippen LogP contribution is -2.48. The van der Waals surface area contributed by atoms with Crippen LogP contribution in [0.3, 0.4) is 0 Å². The third-order valence-corrected chi connectivity index (χ3v) is 7.35. The SMILES string of the molecule is CCN1CCN(C(=O)c2ccc(N3C[C@H]4C[C@@H](C3)c3cccc(=O)n3C4)c([N+](=O)[O-])c2)CC1. The molecule has 33 heavy (non-hydrogen) atoms. The van der Waals surface area contributed by atoms with Crippen LogP contribution < -0.4 is 10.5 Å². The van der Waals surface area contributed by atoms with Gasteiger partial charge in [0.15, 0.2) is 0 Å². The van der Waals surface area contributed by atoms with Gasteiger partial charge in [-0.25, -0.2) is 0 Å². The number of likely N-dealkylation sites (N-methyl/N-ethyl adjacent to an activating group) is 1. The molecule has 2 bridgehead atoms. The molecular weight excluding hydrogens is 422 g/mol. The Hall–Kier alpha value is -3.20. The van der Waals surface area contributed by atoms with E-state index >= 15 is 0 Å². The van der Waals surface area contributed by atoms with E-state index in [2.05, 4.69) is 16.7 Å². The molecule has 2 atom stereocenters. The molecule has 9 nitrogen and oxygen atoms in total. The highest BCUT2D eigenvalue weighted by molar-refractivity contribution is 5.96. The van der Waals surface area contributed by atoms with Crippen LogP contribution in [0, 0.1) is 16.0 Å². The molecule has 0 N–H and O–H groups in total. The van der Waals surface area contributed by atoms with E-state index in [0.717, 1.165) is 31.7 Å². The molecule has 0 unspecified atom stereocenters. The Kier molecular flexibility index (Phi) is 5.65. The van der Waals surface area contributed by atoms with Crippen LogP contribution in [0.5, 0.6) is 0 Å². The van der Waals surface area contributed by atoms with Crippen molar-refractivity contribution in [3.63, 3.8) is 0 Å². The molecule has 2 fully saturated rings. The van der Waals surface area contributed by atoms with Crippen molar-refractivity contribution in [3.05, 3.63) is 68.1 Å². The van der Waals surface area contributed by atoms with E-state index in [4.69, 9.17) is 0 Å². The van der Waals surface area contributed by atoms with Gasteiger partial charge in [-0.2, -0.15) is 0 Å². The second-order valence-electron chi connectivity index (χ2n) is 9.29. The monoisotopic (exact) mass is 451 g/mol. The molecule has 174 valence electrons. The summed E-state index contributed by atoms with van der Waals surface area (Å²) in [5.41, 5.74) is 1.91. The largest absolute Gasteiger partial charge is 0.365 e. The summed E-state index contributed by atoms with van der Waals surface area (Å²) in [6.45, 7) is 7.89. The number of nitrogens with zero attached hydrogens (tertiary/aromatic N) is 5. The Morgan fingerprint density at radius 1 is 1.09 bits per heavy atom.